The lowest BCUT2D eigenvalue weighted by Crippen LogP contribution is -2.42. The first-order valence-corrected chi connectivity index (χ1v) is 7.52. The summed E-state index contributed by atoms with van der Waals surface area (Å²) in [5.41, 5.74) is 0. The predicted molar refractivity (Wildman–Crippen MR) is 101 cm³/mol. The van der Waals surface area contributed by atoms with Gasteiger partial charge in [0.2, 0.25) is 0 Å². The second-order valence-corrected chi connectivity index (χ2v) is 5.03. The van der Waals surface area contributed by atoms with Crippen molar-refractivity contribution in [3.8, 4) is 5.75 Å². The van der Waals surface area contributed by atoms with Crippen molar-refractivity contribution >= 4 is 29.9 Å². The smallest absolute Gasteiger partial charge is 0.191 e. The van der Waals surface area contributed by atoms with Gasteiger partial charge in [0.25, 0.3) is 0 Å². The number of nitrogens with zero attached hydrogens (tertiary/aromatic N) is 1. The number of benzene rings is 1. The molecule has 0 amide bonds. The molecule has 0 aliphatic carbocycles. The van der Waals surface area contributed by atoms with Crippen LogP contribution in [0.25, 0.3) is 0 Å². The van der Waals surface area contributed by atoms with Crippen molar-refractivity contribution < 1.29 is 9.13 Å². The zero-order chi connectivity index (χ0) is 15.7. The summed E-state index contributed by atoms with van der Waals surface area (Å²) in [4.78, 5) is 4.47. The van der Waals surface area contributed by atoms with E-state index < -0.39 is 0 Å². The number of hydrogen-bond acceptors (Lipinski definition) is 2. The van der Waals surface area contributed by atoms with E-state index in [0.29, 0.717) is 12.6 Å². The summed E-state index contributed by atoms with van der Waals surface area (Å²) in [6, 6.07) is 6.76. The van der Waals surface area contributed by atoms with E-state index in [0.717, 1.165) is 18.9 Å². The molecule has 22 heavy (non-hydrogen) atoms. The molecule has 6 heteroatoms. The zero-order valence-corrected chi connectivity index (χ0v) is 16.1. The molecular weight excluding hydrogens is 396 g/mol. The fraction of sp³-hybridized carbons (Fsp3) is 0.562. The minimum absolute atomic E-state index is 0. The fourth-order valence-corrected chi connectivity index (χ4v) is 1.67. The topological polar surface area (TPSA) is 45.7 Å². The van der Waals surface area contributed by atoms with Crippen LogP contribution in [0.1, 0.15) is 34.1 Å². The molecule has 0 radical (unpaired) electrons. The standard InChI is InChI=1S/C16H26FN3O.HI/c1-5-12(3)20-16(18-6-2)19-11-13(4)21-15-10-8-7-9-14(15)17;/h7-10,12-13H,5-6,11H2,1-4H3,(H2,18,19,20);1H. The largest absolute Gasteiger partial charge is 0.486 e. The molecular formula is C16H27FIN3O. The van der Waals surface area contributed by atoms with Gasteiger partial charge in [0.15, 0.2) is 17.5 Å². The van der Waals surface area contributed by atoms with E-state index in [4.69, 9.17) is 4.74 Å². The summed E-state index contributed by atoms with van der Waals surface area (Å²) < 4.78 is 19.1. The number of rotatable bonds is 7. The Morgan fingerprint density at radius 1 is 1.27 bits per heavy atom. The van der Waals surface area contributed by atoms with Gasteiger partial charge in [-0.1, -0.05) is 19.1 Å². The molecule has 4 nitrogen and oxygen atoms in total. The fourth-order valence-electron chi connectivity index (χ4n) is 1.67. The van der Waals surface area contributed by atoms with Gasteiger partial charge in [-0.05, 0) is 39.3 Å². The van der Waals surface area contributed by atoms with Crippen LogP contribution >= 0.6 is 24.0 Å². The van der Waals surface area contributed by atoms with Crippen LogP contribution in [0.15, 0.2) is 29.3 Å². The third-order valence-corrected chi connectivity index (χ3v) is 3.01. The highest BCUT2D eigenvalue weighted by molar-refractivity contribution is 14.0. The first-order chi connectivity index (χ1) is 10.1. The maximum atomic E-state index is 13.5. The van der Waals surface area contributed by atoms with Gasteiger partial charge in [-0.3, -0.25) is 0 Å². The van der Waals surface area contributed by atoms with Crippen molar-refractivity contribution in [3.05, 3.63) is 30.1 Å². The van der Waals surface area contributed by atoms with Crippen molar-refractivity contribution in [1.29, 1.82) is 0 Å². The summed E-state index contributed by atoms with van der Waals surface area (Å²) in [5, 5.41) is 6.50. The van der Waals surface area contributed by atoms with Crippen LogP contribution < -0.4 is 15.4 Å². The second kappa shape index (κ2) is 11.5. The molecule has 2 atom stereocenters. The molecule has 0 saturated carbocycles. The lowest BCUT2D eigenvalue weighted by molar-refractivity contribution is 0.220. The summed E-state index contributed by atoms with van der Waals surface area (Å²) in [7, 11) is 0. The summed E-state index contributed by atoms with van der Waals surface area (Å²) in [6.45, 7) is 9.37. The molecule has 1 rings (SSSR count). The molecule has 126 valence electrons. The van der Waals surface area contributed by atoms with Gasteiger partial charge in [-0.2, -0.15) is 0 Å². The van der Waals surface area contributed by atoms with Crippen LogP contribution in [0.2, 0.25) is 0 Å². The molecule has 2 unspecified atom stereocenters. The molecule has 1 aromatic rings. The Kier molecular flexibility index (Phi) is 11.0. The van der Waals surface area contributed by atoms with Crippen molar-refractivity contribution in [2.45, 2.75) is 46.3 Å². The predicted octanol–water partition coefficient (Wildman–Crippen LogP) is 3.56. The van der Waals surface area contributed by atoms with E-state index in [-0.39, 0.29) is 41.6 Å². The number of halogens is 2. The molecule has 0 bridgehead atoms. The molecule has 2 N–H and O–H groups in total. The quantitative estimate of drug-likeness (QED) is 0.401. The van der Waals surface area contributed by atoms with Gasteiger partial charge in [-0.25, -0.2) is 9.38 Å². The highest BCUT2D eigenvalue weighted by Gasteiger charge is 2.08. The summed E-state index contributed by atoms with van der Waals surface area (Å²) >= 11 is 0. The van der Waals surface area contributed by atoms with Crippen molar-refractivity contribution in [2.75, 3.05) is 13.1 Å². The first-order valence-electron chi connectivity index (χ1n) is 7.52. The van der Waals surface area contributed by atoms with Crippen molar-refractivity contribution in [1.82, 2.24) is 10.6 Å². The van der Waals surface area contributed by atoms with Crippen LogP contribution in [0.5, 0.6) is 5.75 Å². The lowest BCUT2D eigenvalue weighted by Gasteiger charge is -2.18. The van der Waals surface area contributed by atoms with E-state index in [2.05, 4.69) is 29.5 Å². The van der Waals surface area contributed by atoms with E-state index in [1.165, 1.54) is 6.07 Å². The van der Waals surface area contributed by atoms with E-state index in [1.807, 2.05) is 13.8 Å². The highest BCUT2D eigenvalue weighted by Crippen LogP contribution is 2.16. The number of hydrogen-bond donors (Lipinski definition) is 2. The molecule has 0 aliphatic heterocycles. The number of nitrogens with one attached hydrogen (secondary N) is 2. The lowest BCUT2D eigenvalue weighted by atomic mass is 10.3. The third kappa shape index (κ3) is 7.82. The van der Waals surface area contributed by atoms with Crippen molar-refractivity contribution in [2.24, 2.45) is 4.99 Å². The third-order valence-electron chi connectivity index (χ3n) is 3.01. The molecule has 0 saturated heterocycles. The molecule has 1 aromatic carbocycles. The van der Waals surface area contributed by atoms with Crippen molar-refractivity contribution in [3.63, 3.8) is 0 Å². The maximum absolute atomic E-state index is 13.5. The Bertz CT molecular complexity index is 457. The number of ether oxygens (including phenoxy) is 1. The maximum Gasteiger partial charge on any atom is 0.191 e. The molecule has 0 aromatic heterocycles. The van der Waals surface area contributed by atoms with Gasteiger partial charge < -0.3 is 15.4 Å². The zero-order valence-electron chi connectivity index (χ0n) is 13.7. The van der Waals surface area contributed by atoms with Gasteiger partial charge >= 0.3 is 0 Å². The minimum atomic E-state index is -0.349. The summed E-state index contributed by atoms with van der Waals surface area (Å²) in [5.74, 6) is 0.675. The number of aliphatic imine (C=N–C) groups is 1. The Morgan fingerprint density at radius 3 is 2.55 bits per heavy atom. The minimum Gasteiger partial charge on any atom is -0.486 e. The van der Waals surface area contributed by atoms with E-state index >= 15 is 0 Å². The van der Waals surface area contributed by atoms with E-state index in [1.54, 1.807) is 18.2 Å². The van der Waals surface area contributed by atoms with Crippen LogP contribution in [-0.2, 0) is 0 Å². The first kappa shape index (κ1) is 20.9. The number of para-hydroxylation sites is 1. The van der Waals surface area contributed by atoms with Gasteiger partial charge in [0.1, 0.15) is 6.10 Å². The average molecular weight is 423 g/mol. The van der Waals surface area contributed by atoms with Gasteiger partial charge in [-0.15, -0.1) is 24.0 Å². The Hall–Kier alpha value is -1.05. The van der Waals surface area contributed by atoms with Crippen LogP contribution in [0.3, 0.4) is 0 Å². The van der Waals surface area contributed by atoms with Crippen LogP contribution in [0.4, 0.5) is 4.39 Å². The molecule has 0 spiro atoms. The Labute approximate surface area is 149 Å². The van der Waals surface area contributed by atoms with Gasteiger partial charge in [0.05, 0.1) is 6.54 Å². The van der Waals surface area contributed by atoms with Crippen LogP contribution in [0, 0.1) is 5.82 Å². The van der Waals surface area contributed by atoms with Crippen LogP contribution in [-0.4, -0.2) is 31.2 Å². The normalized spacial score (nSPS) is 13.8. The molecule has 0 aliphatic rings. The molecule has 0 fully saturated rings. The monoisotopic (exact) mass is 423 g/mol. The molecule has 0 heterocycles. The SMILES string of the molecule is CCNC(=NCC(C)Oc1ccccc1F)NC(C)CC.I. The Morgan fingerprint density at radius 2 is 1.95 bits per heavy atom. The highest BCUT2D eigenvalue weighted by atomic mass is 127. The van der Waals surface area contributed by atoms with Gasteiger partial charge in [0, 0.05) is 12.6 Å². The average Bonchev–Trinajstić information content (AvgIpc) is 2.47. The number of guanidine groups is 1. The second-order valence-electron chi connectivity index (χ2n) is 5.03. The summed E-state index contributed by atoms with van der Waals surface area (Å²) in [6.07, 6.45) is 0.820. The Balaban J connectivity index is 0.00000441. The van der Waals surface area contributed by atoms with E-state index in [9.17, 15) is 4.39 Å².